The van der Waals surface area contributed by atoms with Crippen LogP contribution in [0.15, 0.2) is 29.2 Å². The molecular weight excluding hydrogens is 348 g/mol. The molecule has 1 N–H and O–H groups in total. The molecule has 6 heteroatoms. The Morgan fingerprint density at radius 2 is 1.69 bits per heavy atom. The largest absolute Gasteiger partial charge is 0.352 e. The minimum Gasteiger partial charge on any atom is -0.352 e. The van der Waals surface area contributed by atoms with Crippen molar-refractivity contribution >= 4 is 15.9 Å². The van der Waals surface area contributed by atoms with E-state index < -0.39 is 10.0 Å². The Bertz CT molecular complexity index is 709. The van der Waals surface area contributed by atoms with Crippen molar-refractivity contribution in [1.82, 2.24) is 9.62 Å². The Morgan fingerprint density at radius 1 is 1.04 bits per heavy atom. The van der Waals surface area contributed by atoms with Gasteiger partial charge < -0.3 is 5.32 Å². The molecule has 1 saturated carbocycles. The highest BCUT2D eigenvalue weighted by Crippen LogP contribution is 2.25. The summed E-state index contributed by atoms with van der Waals surface area (Å²) in [5, 5.41) is 3.00. The molecule has 0 radical (unpaired) electrons. The molecule has 1 aromatic rings. The molecule has 144 valence electrons. The van der Waals surface area contributed by atoms with Gasteiger partial charge in [0.05, 0.1) is 4.90 Å². The average Bonchev–Trinajstić information content (AvgIpc) is 2.67. The van der Waals surface area contributed by atoms with Gasteiger partial charge in [-0.3, -0.25) is 4.79 Å². The molecular formula is C20H30N2O3S. The third-order valence-corrected chi connectivity index (χ3v) is 7.77. The number of benzene rings is 1. The van der Waals surface area contributed by atoms with E-state index in [1.807, 2.05) is 6.92 Å². The van der Waals surface area contributed by atoms with Gasteiger partial charge in [-0.25, -0.2) is 8.42 Å². The SMILES string of the molecule is CC1CCCCN1S(=O)(=O)c1ccc(C(=O)NCC2CCCCC2)cc1. The summed E-state index contributed by atoms with van der Waals surface area (Å²) in [6, 6.07) is 6.40. The normalized spacial score (nSPS) is 22.9. The van der Waals surface area contributed by atoms with Crippen molar-refractivity contribution < 1.29 is 13.2 Å². The predicted octanol–water partition coefficient (Wildman–Crippen LogP) is 3.56. The smallest absolute Gasteiger partial charge is 0.251 e. The predicted molar refractivity (Wildman–Crippen MR) is 103 cm³/mol. The number of hydrogen-bond acceptors (Lipinski definition) is 3. The van der Waals surface area contributed by atoms with E-state index >= 15 is 0 Å². The number of hydrogen-bond donors (Lipinski definition) is 1. The lowest BCUT2D eigenvalue weighted by Crippen LogP contribution is -2.41. The van der Waals surface area contributed by atoms with Crippen molar-refractivity contribution in [2.45, 2.75) is 69.2 Å². The van der Waals surface area contributed by atoms with Crippen molar-refractivity contribution in [3.8, 4) is 0 Å². The van der Waals surface area contributed by atoms with Crippen molar-refractivity contribution in [3.63, 3.8) is 0 Å². The fourth-order valence-electron chi connectivity index (χ4n) is 4.07. The van der Waals surface area contributed by atoms with Crippen LogP contribution >= 0.6 is 0 Å². The average molecular weight is 379 g/mol. The first-order valence-corrected chi connectivity index (χ1v) is 11.3. The molecule has 1 unspecified atom stereocenters. The van der Waals surface area contributed by atoms with Gasteiger partial charge >= 0.3 is 0 Å². The molecule has 1 atom stereocenters. The van der Waals surface area contributed by atoms with Gasteiger partial charge in [-0.2, -0.15) is 4.31 Å². The van der Waals surface area contributed by atoms with Gasteiger partial charge in [0.2, 0.25) is 10.0 Å². The summed E-state index contributed by atoms with van der Waals surface area (Å²) in [6.45, 7) is 3.25. The van der Waals surface area contributed by atoms with Crippen LogP contribution in [0.1, 0.15) is 68.6 Å². The van der Waals surface area contributed by atoms with E-state index in [2.05, 4.69) is 5.32 Å². The molecule has 26 heavy (non-hydrogen) atoms. The molecule has 5 nitrogen and oxygen atoms in total. The Labute approximate surface area is 157 Å². The number of carbonyl (C=O) groups excluding carboxylic acids is 1. The summed E-state index contributed by atoms with van der Waals surface area (Å²) in [5.74, 6) is 0.457. The summed E-state index contributed by atoms with van der Waals surface area (Å²) in [7, 11) is -3.48. The first-order chi connectivity index (χ1) is 12.5. The van der Waals surface area contributed by atoms with Gasteiger partial charge in [0, 0.05) is 24.7 Å². The Kier molecular flexibility index (Phi) is 6.35. The van der Waals surface area contributed by atoms with E-state index in [9.17, 15) is 13.2 Å². The number of nitrogens with one attached hydrogen (secondary N) is 1. The van der Waals surface area contributed by atoms with Crippen molar-refractivity contribution in [2.75, 3.05) is 13.1 Å². The first kappa shape index (κ1) is 19.4. The van der Waals surface area contributed by atoms with Crippen LogP contribution in [0.25, 0.3) is 0 Å². The number of carbonyl (C=O) groups is 1. The highest BCUT2D eigenvalue weighted by Gasteiger charge is 2.30. The highest BCUT2D eigenvalue weighted by atomic mass is 32.2. The lowest BCUT2D eigenvalue weighted by molar-refractivity contribution is 0.0943. The standard InChI is InChI=1S/C20H30N2O3S/c1-16-7-5-6-14-22(16)26(24,25)19-12-10-18(11-13-19)20(23)21-15-17-8-3-2-4-9-17/h10-13,16-17H,2-9,14-15H2,1H3,(H,21,23). The van der Waals surface area contributed by atoms with E-state index in [1.165, 1.54) is 32.1 Å². The van der Waals surface area contributed by atoms with Crippen LogP contribution < -0.4 is 5.32 Å². The molecule has 1 heterocycles. The molecule has 0 bridgehead atoms. The molecule has 3 rings (SSSR count). The fraction of sp³-hybridized carbons (Fsp3) is 0.650. The maximum absolute atomic E-state index is 12.8. The highest BCUT2D eigenvalue weighted by molar-refractivity contribution is 7.89. The molecule has 1 aliphatic carbocycles. The molecule has 2 fully saturated rings. The Balaban J connectivity index is 1.62. The third kappa shape index (κ3) is 4.46. The molecule has 1 aromatic carbocycles. The molecule has 0 aromatic heterocycles. The van der Waals surface area contributed by atoms with Gasteiger partial charge in [0.25, 0.3) is 5.91 Å². The van der Waals surface area contributed by atoms with Crippen LogP contribution in [0.4, 0.5) is 0 Å². The van der Waals surface area contributed by atoms with Gasteiger partial charge in [-0.15, -0.1) is 0 Å². The summed E-state index contributed by atoms with van der Waals surface area (Å²) < 4.78 is 27.3. The Hall–Kier alpha value is -1.40. The van der Waals surface area contributed by atoms with Crippen molar-refractivity contribution in [1.29, 1.82) is 0 Å². The zero-order chi connectivity index (χ0) is 18.6. The maximum Gasteiger partial charge on any atom is 0.251 e. The summed E-state index contributed by atoms with van der Waals surface area (Å²) in [6.07, 6.45) is 9.07. The van der Waals surface area contributed by atoms with Crippen LogP contribution in [-0.4, -0.2) is 37.8 Å². The first-order valence-electron chi connectivity index (χ1n) is 9.88. The van der Waals surface area contributed by atoms with E-state index in [1.54, 1.807) is 28.6 Å². The van der Waals surface area contributed by atoms with Crippen LogP contribution in [0.2, 0.25) is 0 Å². The minimum atomic E-state index is -3.48. The van der Waals surface area contributed by atoms with Crippen LogP contribution in [0, 0.1) is 5.92 Å². The molecule has 2 aliphatic rings. The lowest BCUT2D eigenvalue weighted by atomic mass is 9.89. The molecule has 1 aliphatic heterocycles. The zero-order valence-corrected chi connectivity index (χ0v) is 16.4. The minimum absolute atomic E-state index is 0.0345. The van der Waals surface area contributed by atoms with E-state index in [4.69, 9.17) is 0 Å². The second-order valence-corrected chi connectivity index (χ2v) is 9.59. The van der Waals surface area contributed by atoms with Crippen molar-refractivity contribution in [2.24, 2.45) is 5.92 Å². The summed E-state index contributed by atoms with van der Waals surface area (Å²) in [4.78, 5) is 12.6. The summed E-state index contributed by atoms with van der Waals surface area (Å²) >= 11 is 0. The van der Waals surface area contributed by atoms with Crippen LogP contribution in [0.5, 0.6) is 0 Å². The molecule has 1 saturated heterocycles. The van der Waals surface area contributed by atoms with E-state index in [-0.39, 0.29) is 16.8 Å². The van der Waals surface area contributed by atoms with Crippen LogP contribution in [-0.2, 0) is 10.0 Å². The number of sulfonamides is 1. The summed E-state index contributed by atoms with van der Waals surface area (Å²) in [5.41, 5.74) is 0.520. The van der Waals surface area contributed by atoms with E-state index in [0.717, 1.165) is 19.3 Å². The number of rotatable bonds is 5. The van der Waals surface area contributed by atoms with Gasteiger partial charge in [0.1, 0.15) is 0 Å². The topological polar surface area (TPSA) is 66.5 Å². The number of amides is 1. The van der Waals surface area contributed by atoms with Crippen LogP contribution in [0.3, 0.4) is 0 Å². The molecule has 1 amide bonds. The zero-order valence-electron chi connectivity index (χ0n) is 15.6. The third-order valence-electron chi connectivity index (χ3n) is 5.74. The number of piperidine rings is 1. The van der Waals surface area contributed by atoms with Gasteiger partial charge in [-0.05, 0) is 62.8 Å². The Morgan fingerprint density at radius 3 is 2.35 bits per heavy atom. The van der Waals surface area contributed by atoms with Gasteiger partial charge in [-0.1, -0.05) is 25.7 Å². The number of nitrogens with zero attached hydrogens (tertiary/aromatic N) is 1. The quantitative estimate of drug-likeness (QED) is 0.852. The lowest BCUT2D eigenvalue weighted by Gasteiger charge is -2.32. The fourth-order valence-corrected chi connectivity index (χ4v) is 5.77. The monoisotopic (exact) mass is 378 g/mol. The molecule has 0 spiro atoms. The van der Waals surface area contributed by atoms with E-state index in [0.29, 0.717) is 24.6 Å². The maximum atomic E-state index is 12.8. The second-order valence-electron chi connectivity index (χ2n) is 7.70. The van der Waals surface area contributed by atoms with Crippen molar-refractivity contribution in [3.05, 3.63) is 29.8 Å². The van der Waals surface area contributed by atoms with Gasteiger partial charge in [0.15, 0.2) is 0 Å². The second kappa shape index (κ2) is 8.53.